The van der Waals surface area contributed by atoms with Crippen molar-refractivity contribution in [3.8, 4) is 11.5 Å². The Bertz CT molecular complexity index is 886. The highest BCUT2D eigenvalue weighted by Gasteiger charge is 2.17. The van der Waals surface area contributed by atoms with Crippen LogP contribution >= 0.6 is 0 Å². The van der Waals surface area contributed by atoms with Crippen molar-refractivity contribution in [3.05, 3.63) is 53.6 Å². The molecular formula is C22H24N2O4. The number of ether oxygens (including phenoxy) is 1. The van der Waals surface area contributed by atoms with Crippen LogP contribution in [-0.4, -0.2) is 37.5 Å². The largest absolute Gasteiger partial charge is 0.507 e. The zero-order valence-corrected chi connectivity index (χ0v) is 15.9. The molecule has 0 aliphatic carbocycles. The minimum absolute atomic E-state index is 0.0821. The molecule has 146 valence electrons. The average molecular weight is 380 g/mol. The molecular weight excluding hydrogens is 356 g/mol. The molecule has 0 saturated carbocycles. The Hall–Kier alpha value is -3.28. The van der Waals surface area contributed by atoms with E-state index in [1.807, 2.05) is 0 Å². The smallest absolute Gasteiger partial charge is 0.248 e. The number of piperidine rings is 1. The predicted octanol–water partition coefficient (Wildman–Crippen LogP) is 3.86. The average Bonchev–Trinajstić information content (AvgIpc) is 2.73. The van der Waals surface area contributed by atoms with Gasteiger partial charge in [-0.05, 0) is 43.5 Å². The lowest BCUT2D eigenvalue weighted by Gasteiger charge is -2.30. The number of phenolic OH excluding ortho intramolecular Hbond substituents is 1. The van der Waals surface area contributed by atoms with Crippen LogP contribution in [0.15, 0.2) is 42.5 Å². The fourth-order valence-electron chi connectivity index (χ4n) is 3.31. The lowest BCUT2D eigenvalue weighted by molar-refractivity contribution is -0.111. The van der Waals surface area contributed by atoms with Gasteiger partial charge in [0.25, 0.3) is 0 Å². The molecule has 1 aliphatic rings. The number of methoxy groups -OCH3 is 1. The topological polar surface area (TPSA) is 78.9 Å². The molecule has 1 heterocycles. The van der Waals surface area contributed by atoms with Crippen molar-refractivity contribution >= 4 is 29.6 Å². The van der Waals surface area contributed by atoms with Crippen LogP contribution in [0.5, 0.6) is 11.5 Å². The highest BCUT2D eigenvalue weighted by Crippen LogP contribution is 2.36. The van der Waals surface area contributed by atoms with Gasteiger partial charge in [0.1, 0.15) is 11.5 Å². The summed E-state index contributed by atoms with van der Waals surface area (Å²) in [4.78, 5) is 25.5. The van der Waals surface area contributed by atoms with Crippen molar-refractivity contribution in [1.29, 1.82) is 0 Å². The van der Waals surface area contributed by atoms with E-state index in [4.69, 9.17) is 4.74 Å². The molecule has 2 N–H and O–H groups in total. The third-order valence-corrected chi connectivity index (χ3v) is 4.78. The summed E-state index contributed by atoms with van der Waals surface area (Å²) in [6.45, 7) is 1.87. The first kappa shape index (κ1) is 19.5. The summed E-state index contributed by atoms with van der Waals surface area (Å²) in [7, 11) is 1.59. The van der Waals surface area contributed by atoms with Gasteiger partial charge in [0.15, 0.2) is 6.29 Å². The minimum atomic E-state index is -0.396. The Kier molecular flexibility index (Phi) is 6.32. The quantitative estimate of drug-likeness (QED) is 0.588. The van der Waals surface area contributed by atoms with Gasteiger partial charge in [-0.3, -0.25) is 9.59 Å². The molecule has 0 radical (unpaired) electrons. The molecule has 1 aliphatic heterocycles. The second kappa shape index (κ2) is 9.08. The number of nitrogens with zero attached hydrogens (tertiary/aromatic N) is 1. The van der Waals surface area contributed by atoms with Crippen molar-refractivity contribution in [1.82, 2.24) is 0 Å². The number of rotatable bonds is 6. The van der Waals surface area contributed by atoms with E-state index < -0.39 is 5.91 Å². The highest BCUT2D eigenvalue weighted by atomic mass is 16.5. The summed E-state index contributed by atoms with van der Waals surface area (Å²) in [6, 6.07) is 10.2. The van der Waals surface area contributed by atoms with Crippen LogP contribution in [0.25, 0.3) is 6.08 Å². The predicted molar refractivity (Wildman–Crippen MR) is 110 cm³/mol. The summed E-state index contributed by atoms with van der Waals surface area (Å²) in [6.07, 6.45) is 6.98. The second-order valence-corrected chi connectivity index (χ2v) is 6.66. The maximum Gasteiger partial charge on any atom is 0.248 e. The molecule has 6 nitrogen and oxygen atoms in total. The van der Waals surface area contributed by atoms with Gasteiger partial charge in [0.05, 0.1) is 18.5 Å². The third kappa shape index (κ3) is 4.52. The maximum absolute atomic E-state index is 12.2. The van der Waals surface area contributed by atoms with Crippen LogP contribution in [0.3, 0.4) is 0 Å². The normalized spacial score (nSPS) is 14.1. The van der Waals surface area contributed by atoms with Gasteiger partial charge in [-0.2, -0.15) is 0 Å². The molecule has 1 saturated heterocycles. The summed E-state index contributed by atoms with van der Waals surface area (Å²) in [5, 5.41) is 13.1. The number of carbonyl (C=O) groups is 2. The number of benzene rings is 2. The molecule has 28 heavy (non-hydrogen) atoms. The molecule has 0 aromatic heterocycles. The molecule has 0 spiro atoms. The Labute approximate surface area is 164 Å². The van der Waals surface area contributed by atoms with E-state index in [0.717, 1.165) is 31.6 Å². The molecule has 6 heteroatoms. The zero-order valence-electron chi connectivity index (χ0n) is 15.9. The Morgan fingerprint density at radius 2 is 1.89 bits per heavy atom. The number of hydrogen-bond donors (Lipinski definition) is 2. The fraction of sp³-hybridized carbons (Fsp3) is 0.273. The van der Waals surface area contributed by atoms with E-state index in [0.29, 0.717) is 28.8 Å². The van der Waals surface area contributed by atoms with E-state index in [-0.39, 0.29) is 5.75 Å². The molecule has 1 fully saturated rings. The number of phenols is 1. The van der Waals surface area contributed by atoms with Crippen molar-refractivity contribution in [2.24, 2.45) is 0 Å². The molecule has 1 amide bonds. The first-order valence-electron chi connectivity index (χ1n) is 9.31. The molecule has 2 aromatic carbocycles. The Morgan fingerprint density at radius 1 is 1.14 bits per heavy atom. The summed E-state index contributed by atoms with van der Waals surface area (Å²) in [5.74, 6) is 0.345. The van der Waals surface area contributed by atoms with Gasteiger partial charge in [-0.1, -0.05) is 12.1 Å². The maximum atomic E-state index is 12.2. The van der Waals surface area contributed by atoms with Crippen LogP contribution in [0, 0.1) is 0 Å². The van der Waals surface area contributed by atoms with Gasteiger partial charge in [-0.15, -0.1) is 0 Å². The van der Waals surface area contributed by atoms with E-state index in [2.05, 4.69) is 10.2 Å². The van der Waals surface area contributed by atoms with Gasteiger partial charge >= 0.3 is 0 Å². The van der Waals surface area contributed by atoms with Crippen LogP contribution in [0.2, 0.25) is 0 Å². The molecule has 0 atom stereocenters. The Balaban J connectivity index is 1.77. The number of para-hydroxylation sites is 1. The summed E-state index contributed by atoms with van der Waals surface area (Å²) >= 11 is 0. The molecule has 0 bridgehead atoms. The lowest BCUT2D eigenvalue weighted by Crippen LogP contribution is -2.29. The second-order valence-electron chi connectivity index (χ2n) is 6.66. The van der Waals surface area contributed by atoms with Crippen LogP contribution in [0.1, 0.15) is 35.2 Å². The molecule has 3 rings (SSSR count). The van der Waals surface area contributed by atoms with Crippen LogP contribution in [0.4, 0.5) is 11.4 Å². The summed E-state index contributed by atoms with van der Waals surface area (Å²) in [5.41, 5.74) is 2.19. The number of carbonyl (C=O) groups excluding carboxylic acids is 2. The standard InChI is InChI=1S/C22H24N2O4/c1-28-21-13-16(20(26)14-19(21)24-11-5-2-6-12-24)9-10-22(27)23-18-8-4-3-7-17(18)15-25/h3-4,7-10,13-15,26H,2,5-6,11-12H2,1H3,(H,23,27)/b10-9+. The minimum Gasteiger partial charge on any atom is -0.507 e. The van der Waals surface area contributed by atoms with Crippen molar-refractivity contribution < 1.29 is 19.4 Å². The fourth-order valence-corrected chi connectivity index (χ4v) is 3.31. The molecule has 0 unspecified atom stereocenters. The van der Waals surface area contributed by atoms with Crippen LogP contribution < -0.4 is 15.0 Å². The SMILES string of the molecule is COc1cc(/C=C/C(=O)Nc2ccccc2C=O)c(O)cc1N1CCCCC1. The number of amides is 1. The number of hydrogen-bond acceptors (Lipinski definition) is 5. The van der Waals surface area contributed by atoms with Crippen molar-refractivity contribution in [2.45, 2.75) is 19.3 Å². The van der Waals surface area contributed by atoms with E-state index in [9.17, 15) is 14.7 Å². The monoisotopic (exact) mass is 380 g/mol. The number of aromatic hydroxyl groups is 1. The molecule has 2 aromatic rings. The van der Waals surface area contributed by atoms with E-state index in [1.165, 1.54) is 18.6 Å². The van der Waals surface area contributed by atoms with Gasteiger partial charge < -0.3 is 20.1 Å². The number of anilines is 2. The zero-order chi connectivity index (χ0) is 19.9. The van der Waals surface area contributed by atoms with Crippen molar-refractivity contribution in [2.75, 3.05) is 30.4 Å². The first-order chi connectivity index (χ1) is 13.6. The third-order valence-electron chi connectivity index (χ3n) is 4.78. The number of nitrogens with one attached hydrogen (secondary N) is 1. The van der Waals surface area contributed by atoms with Gasteiger partial charge in [0, 0.05) is 36.4 Å². The highest BCUT2D eigenvalue weighted by molar-refractivity contribution is 6.04. The van der Waals surface area contributed by atoms with Crippen LogP contribution in [-0.2, 0) is 4.79 Å². The first-order valence-corrected chi connectivity index (χ1v) is 9.31. The number of aldehydes is 1. The Morgan fingerprint density at radius 3 is 2.61 bits per heavy atom. The van der Waals surface area contributed by atoms with Gasteiger partial charge in [-0.25, -0.2) is 0 Å². The van der Waals surface area contributed by atoms with E-state index >= 15 is 0 Å². The van der Waals surface area contributed by atoms with E-state index in [1.54, 1.807) is 43.5 Å². The summed E-state index contributed by atoms with van der Waals surface area (Å²) < 4.78 is 5.50. The lowest BCUT2D eigenvalue weighted by atomic mass is 10.1. The van der Waals surface area contributed by atoms with Gasteiger partial charge in [0.2, 0.25) is 5.91 Å². The van der Waals surface area contributed by atoms with Crippen molar-refractivity contribution in [3.63, 3.8) is 0 Å².